The first kappa shape index (κ1) is 20.2. The Kier molecular flexibility index (Phi) is 6.76. The van der Waals surface area contributed by atoms with E-state index in [-0.39, 0.29) is 31.9 Å². The Morgan fingerprint density at radius 2 is 1.78 bits per heavy atom. The third kappa shape index (κ3) is 4.97. The number of hydrogen-bond acceptors (Lipinski definition) is 5. The molecule has 0 radical (unpaired) electrons. The third-order valence-electron chi connectivity index (χ3n) is 4.30. The van der Waals surface area contributed by atoms with Crippen molar-refractivity contribution in [2.24, 2.45) is 0 Å². The highest BCUT2D eigenvalue weighted by atomic mass is 16.5. The van der Waals surface area contributed by atoms with Crippen LogP contribution >= 0.6 is 0 Å². The number of anilines is 1. The topological polar surface area (TPSA) is 103 Å². The molecule has 1 heterocycles. The SMILES string of the molecule is CCOC(=O)c1[nH]c(C)c(CN(C(=O)CCC(=O)[O-])c2ccccc2)c1C. The highest BCUT2D eigenvalue weighted by Gasteiger charge is 2.23. The fraction of sp³-hybridized carbons (Fsp3) is 0.350. The van der Waals surface area contributed by atoms with E-state index in [1.165, 1.54) is 4.90 Å². The lowest BCUT2D eigenvalue weighted by molar-refractivity contribution is -0.305. The lowest BCUT2D eigenvalue weighted by atomic mass is 10.1. The van der Waals surface area contributed by atoms with Gasteiger partial charge in [0.05, 0.1) is 13.2 Å². The number of hydrogen-bond donors (Lipinski definition) is 1. The molecule has 0 aliphatic carbocycles. The van der Waals surface area contributed by atoms with Crippen LogP contribution in [0.4, 0.5) is 5.69 Å². The van der Waals surface area contributed by atoms with Gasteiger partial charge in [-0.15, -0.1) is 0 Å². The van der Waals surface area contributed by atoms with Gasteiger partial charge in [0.25, 0.3) is 0 Å². The number of ether oxygens (including phenoxy) is 1. The van der Waals surface area contributed by atoms with Crippen molar-refractivity contribution in [3.63, 3.8) is 0 Å². The van der Waals surface area contributed by atoms with Crippen molar-refractivity contribution in [2.45, 2.75) is 40.2 Å². The number of carbonyl (C=O) groups excluding carboxylic acids is 3. The minimum atomic E-state index is -1.27. The normalized spacial score (nSPS) is 10.5. The van der Waals surface area contributed by atoms with Crippen molar-refractivity contribution < 1.29 is 24.2 Å². The predicted molar refractivity (Wildman–Crippen MR) is 98.1 cm³/mol. The number of carbonyl (C=O) groups is 3. The Labute approximate surface area is 157 Å². The Hall–Kier alpha value is -3.09. The fourth-order valence-corrected chi connectivity index (χ4v) is 2.87. The molecule has 7 heteroatoms. The second-order valence-electron chi connectivity index (χ2n) is 6.14. The minimum absolute atomic E-state index is 0.162. The summed E-state index contributed by atoms with van der Waals surface area (Å²) in [6.45, 7) is 5.82. The Morgan fingerprint density at radius 1 is 1.11 bits per heavy atom. The number of H-pyrrole nitrogens is 1. The zero-order chi connectivity index (χ0) is 20.0. The summed E-state index contributed by atoms with van der Waals surface area (Å²) >= 11 is 0. The molecule has 0 spiro atoms. The quantitative estimate of drug-likeness (QED) is 0.714. The first-order chi connectivity index (χ1) is 12.8. The average molecular weight is 371 g/mol. The van der Waals surface area contributed by atoms with E-state index in [0.29, 0.717) is 16.9 Å². The van der Waals surface area contributed by atoms with Crippen LogP contribution in [0.1, 0.15) is 47.1 Å². The molecule has 2 aromatic rings. The van der Waals surface area contributed by atoms with Crippen molar-refractivity contribution >= 4 is 23.5 Å². The van der Waals surface area contributed by atoms with Crippen molar-refractivity contribution in [1.82, 2.24) is 4.98 Å². The molecular formula is C20H23N2O5-. The van der Waals surface area contributed by atoms with Gasteiger partial charge in [0.2, 0.25) is 5.91 Å². The zero-order valence-corrected chi connectivity index (χ0v) is 15.7. The van der Waals surface area contributed by atoms with Crippen LogP contribution in [-0.2, 0) is 20.9 Å². The second kappa shape index (κ2) is 9.02. The largest absolute Gasteiger partial charge is 0.550 e. The van der Waals surface area contributed by atoms with Gasteiger partial charge in [0.15, 0.2) is 0 Å². The zero-order valence-electron chi connectivity index (χ0n) is 15.7. The minimum Gasteiger partial charge on any atom is -0.550 e. The molecule has 0 bridgehead atoms. The molecule has 0 aliphatic heterocycles. The van der Waals surface area contributed by atoms with E-state index in [9.17, 15) is 19.5 Å². The molecule has 1 aromatic carbocycles. The van der Waals surface area contributed by atoms with Gasteiger partial charge >= 0.3 is 5.97 Å². The average Bonchev–Trinajstić information content (AvgIpc) is 2.92. The molecule has 0 fully saturated rings. The van der Waals surface area contributed by atoms with Crippen LogP contribution < -0.4 is 10.0 Å². The Balaban J connectivity index is 2.34. The Bertz CT molecular complexity index is 826. The van der Waals surface area contributed by atoms with E-state index in [4.69, 9.17) is 4.74 Å². The first-order valence-corrected chi connectivity index (χ1v) is 8.75. The molecular weight excluding hydrogens is 348 g/mol. The van der Waals surface area contributed by atoms with Crippen LogP contribution in [0, 0.1) is 13.8 Å². The standard InChI is InChI=1S/C20H24N2O5/c1-4-27-20(26)19-13(2)16(14(3)21-19)12-22(15-8-6-5-7-9-15)17(23)10-11-18(24)25/h5-9,21H,4,10-12H2,1-3H3,(H,24,25)/p-1. The van der Waals surface area contributed by atoms with Gasteiger partial charge < -0.3 is 24.5 Å². The number of aromatic nitrogens is 1. The smallest absolute Gasteiger partial charge is 0.355 e. The van der Waals surface area contributed by atoms with Crippen LogP contribution in [0.2, 0.25) is 0 Å². The summed E-state index contributed by atoms with van der Waals surface area (Å²) in [7, 11) is 0. The molecule has 0 unspecified atom stereocenters. The van der Waals surface area contributed by atoms with Gasteiger partial charge in [-0.25, -0.2) is 4.79 Å². The first-order valence-electron chi connectivity index (χ1n) is 8.75. The van der Waals surface area contributed by atoms with E-state index < -0.39 is 11.9 Å². The lowest BCUT2D eigenvalue weighted by Crippen LogP contribution is -2.32. The molecule has 1 amide bonds. The van der Waals surface area contributed by atoms with Crippen molar-refractivity contribution in [3.05, 3.63) is 52.8 Å². The predicted octanol–water partition coefficient (Wildman–Crippen LogP) is 1.87. The van der Waals surface area contributed by atoms with E-state index >= 15 is 0 Å². The van der Waals surface area contributed by atoms with E-state index in [0.717, 1.165) is 11.3 Å². The van der Waals surface area contributed by atoms with Crippen LogP contribution in [0.3, 0.4) is 0 Å². The van der Waals surface area contributed by atoms with Crippen molar-refractivity contribution in [1.29, 1.82) is 0 Å². The second-order valence-corrected chi connectivity index (χ2v) is 6.14. The van der Waals surface area contributed by atoms with Crippen LogP contribution in [-0.4, -0.2) is 29.4 Å². The van der Waals surface area contributed by atoms with Gasteiger partial charge in [-0.1, -0.05) is 18.2 Å². The van der Waals surface area contributed by atoms with Crippen molar-refractivity contribution in [3.8, 4) is 0 Å². The maximum atomic E-state index is 12.7. The lowest BCUT2D eigenvalue weighted by Gasteiger charge is -2.24. The number of nitrogens with zero attached hydrogens (tertiary/aromatic N) is 1. The van der Waals surface area contributed by atoms with Gasteiger partial charge in [0.1, 0.15) is 5.69 Å². The fourth-order valence-electron chi connectivity index (χ4n) is 2.87. The highest BCUT2D eigenvalue weighted by molar-refractivity contribution is 5.95. The molecule has 2 rings (SSSR count). The summed E-state index contributed by atoms with van der Waals surface area (Å²) in [5.41, 5.74) is 3.27. The number of amides is 1. The van der Waals surface area contributed by atoms with E-state index in [1.807, 2.05) is 13.0 Å². The summed E-state index contributed by atoms with van der Waals surface area (Å²) in [6.07, 6.45) is -0.508. The maximum Gasteiger partial charge on any atom is 0.355 e. The molecule has 7 nitrogen and oxygen atoms in total. The molecule has 0 atom stereocenters. The number of carboxylic acid groups (broad SMARTS) is 1. The molecule has 0 saturated heterocycles. The molecule has 1 N–H and O–H groups in total. The number of aliphatic carboxylic acids is 1. The molecule has 27 heavy (non-hydrogen) atoms. The van der Waals surface area contributed by atoms with Crippen LogP contribution in [0.5, 0.6) is 0 Å². The maximum absolute atomic E-state index is 12.7. The number of para-hydroxylation sites is 1. The summed E-state index contributed by atoms with van der Waals surface area (Å²) in [4.78, 5) is 40.0. The third-order valence-corrected chi connectivity index (χ3v) is 4.30. The molecule has 144 valence electrons. The summed E-state index contributed by atoms with van der Waals surface area (Å²) in [6, 6.07) is 8.99. The molecule has 0 saturated carbocycles. The van der Waals surface area contributed by atoms with Crippen LogP contribution in [0.15, 0.2) is 30.3 Å². The molecule has 1 aromatic heterocycles. The number of benzene rings is 1. The van der Waals surface area contributed by atoms with Gasteiger partial charge in [0, 0.05) is 23.8 Å². The number of aromatic amines is 1. The van der Waals surface area contributed by atoms with Crippen molar-refractivity contribution in [2.75, 3.05) is 11.5 Å². The highest BCUT2D eigenvalue weighted by Crippen LogP contribution is 2.24. The number of aryl methyl sites for hydroxylation is 1. The Morgan fingerprint density at radius 3 is 2.37 bits per heavy atom. The number of esters is 1. The summed E-state index contributed by atoms with van der Waals surface area (Å²) < 4.78 is 5.06. The number of nitrogens with one attached hydrogen (secondary N) is 1. The van der Waals surface area contributed by atoms with Gasteiger partial charge in [-0.3, -0.25) is 4.79 Å². The molecule has 0 aliphatic rings. The van der Waals surface area contributed by atoms with E-state index in [1.54, 1.807) is 38.1 Å². The van der Waals surface area contributed by atoms with Gasteiger partial charge in [-0.2, -0.15) is 0 Å². The number of rotatable bonds is 8. The van der Waals surface area contributed by atoms with E-state index in [2.05, 4.69) is 4.98 Å². The van der Waals surface area contributed by atoms with Crippen LogP contribution in [0.25, 0.3) is 0 Å². The van der Waals surface area contributed by atoms with Gasteiger partial charge in [-0.05, 0) is 50.5 Å². The number of carboxylic acids is 1. The summed E-state index contributed by atoms with van der Waals surface area (Å²) in [5.74, 6) is -2.04. The monoisotopic (exact) mass is 371 g/mol. The summed E-state index contributed by atoms with van der Waals surface area (Å²) in [5, 5.41) is 10.7.